The zero-order valence-electron chi connectivity index (χ0n) is 8.67. The summed E-state index contributed by atoms with van der Waals surface area (Å²) < 4.78 is 0. The highest BCUT2D eigenvalue weighted by Gasteiger charge is 2.27. The molecule has 5 nitrogen and oxygen atoms in total. The maximum atomic E-state index is 5.68. The van der Waals surface area contributed by atoms with E-state index in [-0.39, 0.29) is 0 Å². The van der Waals surface area contributed by atoms with E-state index in [2.05, 4.69) is 19.9 Å². The molecule has 2 N–H and O–H groups in total. The van der Waals surface area contributed by atoms with Crippen molar-refractivity contribution < 1.29 is 0 Å². The van der Waals surface area contributed by atoms with Crippen LogP contribution in [0.3, 0.4) is 0 Å². The predicted octanol–water partition coefficient (Wildman–Crippen LogP) is 1.39. The zero-order valence-corrected chi connectivity index (χ0v) is 8.67. The van der Waals surface area contributed by atoms with E-state index >= 15 is 0 Å². The van der Waals surface area contributed by atoms with Crippen molar-refractivity contribution in [2.75, 3.05) is 5.73 Å². The van der Waals surface area contributed by atoms with Crippen molar-refractivity contribution in [3.05, 3.63) is 30.4 Å². The SMILES string of the molecule is Nc1nc(-c2ccncc2)nc(C2CC2)n1. The number of hydrogen-bond acceptors (Lipinski definition) is 5. The molecular weight excluding hydrogens is 202 g/mol. The van der Waals surface area contributed by atoms with Gasteiger partial charge < -0.3 is 5.73 Å². The Morgan fingerprint density at radius 1 is 1.06 bits per heavy atom. The fourth-order valence-electron chi connectivity index (χ4n) is 1.56. The number of aromatic nitrogens is 4. The van der Waals surface area contributed by atoms with Crippen LogP contribution in [0, 0.1) is 0 Å². The van der Waals surface area contributed by atoms with Crippen LogP contribution in [0.15, 0.2) is 24.5 Å². The lowest BCUT2D eigenvalue weighted by Gasteiger charge is -2.03. The summed E-state index contributed by atoms with van der Waals surface area (Å²) in [6.45, 7) is 0. The van der Waals surface area contributed by atoms with Gasteiger partial charge in [-0.1, -0.05) is 0 Å². The Bertz CT molecular complexity index is 507. The van der Waals surface area contributed by atoms with Gasteiger partial charge in [0.1, 0.15) is 5.82 Å². The second-order valence-electron chi connectivity index (χ2n) is 3.89. The average Bonchev–Trinajstić information content (AvgIpc) is 3.13. The first-order valence-corrected chi connectivity index (χ1v) is 5.25. The van der Waals surface area contributed by atoms with Crippen LogP contribution < -0.4 is 5.73 Å². The molecule has 5 heteroatoms. The van der Waals surface area contributed by atoms with Gasteiger partial charge in [0.25, 0.3) is 0 Å². The summed E-state index contributed by atoms with van der Waals surface area (Å²) in [5.74, 6) is 2.23. The molecule has 0 radical (unpaired) electrons. The fourth-order valence-corrected chi connectivity index (χ4v) is 1.56. The Balaban J connectivity index is 2.06. The second-order valence-corrected chi connectivity index (χ2v) is 3.89. The highest BCUT2D eigenvalue weighted by atomic mass is 15.1. The molecule has 0 aliphatic heterocycles. The molecule has 0 unspecified atom stereocenters. The molecule has 2 heterocycles. The molecule has 0 saturated heterocycles. The summed E-state index contributed by atoms with van der Waals surface area (Å²) in [7, 11) is 0. The third kappa shape index (κ3) is 1.71. The minimum Gasteiger partial charge on any atom is -0.368 e. The Morgan fingerprint density at radius 2 is 1.81 bits per heavy atom. The van der Waals surface area contributed by atoms with Crippen molar-refractivity contribution in [2.45, 2.75) is 18.8 Å². The van der Waals surface area contributed by atoms with E-state index in [1.165, 1.54) is 0 Å². The number of nitrogen functional groups attached to an aromatic ring is 1. The van der Waals surface area contributed by atoms with Crippen LogP contribution in [-0.2, 0) is 0 Å². The molecule has 16 heavy (non-hydrogen) atoms. The van der Waals surface area contributed by atoms with Crippen molar-refractivity contribution in [3.8, 4) is 11.4 Å². The van der Waals surface area contributed by atoms with E-state index in [9.17, 15) is 0 Å². The van der Waals surface area contributed by atoms with Gasteiger partial charge in [0.05, 0.1) is 0 Å². The molecule has 80 valence electrons. The lowest BCUT2D eigenvalue weighted by Crippen LogP contribution is -2.04. The minimum absolute atomic E-state index is 0.295. The normalized spacial score (nSPS) is 15.0. The highest BCUT2D eigenvalue weighted by molar-refractivity contribution is 5.54. The summed E-state index contributed by atoms with van der Waals surface area (Å²) in [5.41, 5.74) is 6.61. The summed E-state index contributed by atoms with van der Waals surface area (Å²) in [6.07, 6.45) is 5.73. The number of hydrogen-bond donors (Lipinski definition) is 1. The standard InChI is InChI=1S/C11H11N5/c12-11-15-9(7-1-2-7)14-10(16-11)8-3-5-13-6-4-8/h3-7H,1-2H2,(H2,12,14,15,16). The number of anilines is 1. The van der Waals surface area contributed by atoms with Crippen molar-refractivity contribution in [1.82, 2.24) is 19.9 Å². The third-order valence-corrected chi connectivity index (χ3v) is 2.55. The fraction of sp³-hybridized carbons (Fsp3) is 0.273. The quantitative estimate of drug-likeness (QED) is 0.815. The molecule has 1 saturated carbocycles. The van der Waals surface area contributed by atoms with Gasteiger partial charge in [-0.2, -0.15) is 9.97 Å². The third-order valence-electron chi connectivity index (χ3n) is 2.55. The topological polar surface area (TPSA) is 77.6 Å². The van der Waals surface area contributed by atoms with Crippen LogP contribution in [0.4, 0.5) is 5.95 Å². The monoisotopic (exact) mass is 213 g/mol. The number of rotatable bonds is 2. The Kier molecular flexibility index (Phi) is 2.02. The van der Waals surface area contributed by atoms with Crippen LogP contribution >= 0.6 is 0 Å². The zero-order chi connectivity index (χ0) is 11.0. The Hall–Kier alpha value is -2.04. The lowest BCUT2D eigenvalue weighted by atomic mass is 10.2. The van der Waals surface area contributed by atoms with Gasteiger partial charge in [-0.25, -0.2) is 4.98 Å². The molecule has 2 aromatic heterocycles. The van der Waals surface area contributed by atoms with E-state index in [0.29, 0.717) is 17.7 Å². The molecular formula is C11H11N5. The van der Waals surface area contributed by atoms with Gasteiger partial charge in [0, 0.05) is 23.9 Å². The van der Waals surface area contributed by atoms with Gasteiger partial charge >= 0.3 is 0 Å². The number of pyridine rings is 1. The molecule has 0 aromatic carbocycles. The first-order chi connectivity index (χ1) is 7.83. The maximum Gasteiger partial charge on any atom is 0.223 e. The largest absolute Gasteiger partial charge is 0.368 e. The lowest BCUT2D eigenvalue weighted by molar-refractivity contribution is 0.902. The van der Waals surface area contributed by atoms with Crippen LogP contribution in [0.1, 0.15) is 24.6 Å². The van der Waals surface area contributed by atoms with E-state index in [4.69, 9.17) is 5.73 Å². The predicted molar refractivity (Wildman–Crippen MR) is 59.4 cm³/mol. The molecule has 0 bridgehead atoms. The number of nitrogens with two attached hydrogens (primary N) is 1. The van der Waals surface area contributed by atoms with Gasteiger partial charge in [0.2, 0.25) is 5.95 Å². The van der Waals surface area contributed by atoms with Crippen molar-refractivity contribution in [2.24, 2.45) is 0 Å². The highest BCUT2D eigenvalue weighted by Crippen LogP contribution is 2.38. The summed E-state index contributed by atoms with van der Waals surface area (Å²) in [4.78, 5) is 16.7. The summed E-state index contributed by atoms with van der Waals surface area (Å²) in [5, 5.41) is 0. The molecule has 0 amide bonds. The molecule has 1 aliphatic rings. The van der Waals surface area contributed by atoms with E-state index in [0.717, 1.165) is 24.2 Å². The molecule has 0 spiro atoms. The second kappa shape index (κ2) is 3.52. The Morgan fingerprint density at radius 3 is 2.50 bits per heavy atom. The maximum absolute atomic E-state index is 5.68. The van der Waals surface area contributed by atoms with Gasteiger partial charge in [-0.3, -0.25) is 4.98 Å². The minimum atomic E-state index is 0.295. The van der Waals surface area contributed by atoms with Gasteiger partial charge in [0.15, 0.2) is 5.82 Å². The van der Waals surface area contributed by atoms with E-state index in [1.807, 2.05) is 12.1 Å². The Labute approximate surface area is 92.8 Å². The van der Waals surface area contributed by atoms with Gasteiger partial charge in [-0.05, 0) is 25.0 Å². The van der Waals surface area contributed by atoms with E-state index < -0.39 is 0 Å². The van der Waals surface area contributed by atoms with E-state index in [1.54, 1.807) is 12.4 Å². The average molecular weight is 213 g/mol. The molecule has 0 atom stereocenters. The van der Waals surface area contributed by atoms with Crippen molar-refractivity contribution in [1.29, 1.82) is 0 Å². The van der Waals surface area contributed by atoms with Gasteiger partial charge in [-0.15, -0.1) is 0 Å². The summed E-state index contributed by atoms with van der Waals surface area (Å²) >= 11 is 0. The smallest absolute Gasteiger partial charge is 0.223 e. The van der Waals surface area contributed by atoms with Crippen LogP contribution in [0.25, 0.3) is 11.4 Å². The molecule has 1 fully saturated rings. The molecule has 2 aromatic rings. The van der Waals surface area contributed by atoms with Crippen LogP contribution in [-0.4, -0.2) is 19.9 Å². The number of nitrogens with zero attached hydrogens (tertiary/aromatic N) is 4. The van der Waals surface area contributed by atoms with Crippen LogP contribution in [0.2, 0.25) is 0 Å². The van der Waals surface area contributed by atoms with Crippen molar-refractivity contribution in [3.63, 3.8) is 0 Å². The van der Waals surface area contributed by atoms with Crippen LogP contribution in [0.5, 0.6) is 0 Å². The molecule has 3 rings (SSSR count). The first kappa shape index (κ1) is 9.21. The molecule has 1 aliphatic carbocycles. The van der Waals surface area contributed by atoms with Crippen molar-refractivity contribution >= 4 is 5.95 Å². The summed E-state index contributed by atoms with van der Waals surface area (Å²) in [6, 6.07) is 3.73. The first-order valence-electron chi connectivity index (χ1n) is 5.25.